The quantitative estimate of drug-likeness (QED) is 0.0376. The number of allylic oxidation sites excluding steroid dienone is 6. The zero-order valence-electron chi connectivity index (χ0n) is 29.4. The van der Waals surface area contributed by atoms with E-state index in [9.17, 15) is 17.8 Å². The number of esters is 3. The molecule has 1 heterocycles. The van der Waals surface area contributed by atoms with Crippen LogP contribution in [0.3, 0.4) is 0 Å². The van der Waals surface area contributed by atoms with Gasteiger partial charge in [0.05, 0.1) is 0 Å². The molecule has 272 valence electrons. The summed E-state index contributed by atoms with van der Waals surface area (Å²) in [6.07, 6.45) is 10.0. The molecule has 53 heavy (non-hydrogen) atoms. The van der Waals surface area contributed by atoms with E-state index >= 15 is 0 Å². The Morgan fingerprint density at radius 2 is 1.43 bits per heavy atom. The van der Waals surface area contributed by atoms with E-state index in [1.54, 1.807) is 18.2 Å². The number of hydrogen-bond donors (Lipinski definition) is 1. The Bertz CT molecular complexity index is 1990. The topological polar surface area (TPSA) is 99.1 Å². The van der Waals surface area contributed by atoms with Gasteiger partial charge in [0, 0.05) is 0 Å². The van der Waals surface area contributed by atoms with Crippen LogP contribution in [0.1, 0.15) is 41.8 Å². The second-order valence-corrected chi connectivity index (χ2v) is 20.0. The molecule has 0 spiro atoms. The summed E-state index contributed by atoms with van der Waals surface area (Å²) in [5.74, 6) is -2.04. The van der Waals surface area contributed by atoms with Crippen molar-refractivity contribution in [3.05, 3.63) is 168 Å². The molecule has 0 saturated carbocycles. The Balaban J connectivity index is 1.15. The third-order valence-electron chi connectivity index (χ3n) is 8.85. The summed E-state index contributed by atoms with van der Waals surface area (Å²) in [4.78, 5) is 39.9. The van der Waals surface area contributed by atoms with Crippen LogP contribution in [0.4, 0.5) is 0 Å². The van der Waals surface area contributed by atoms with Crippen LogP contribution in [0.15, 0.2) is 152 Å². The van der Waals surface area contributed by atoms with E-state index < -0.39 is 58.1 Å². The Kier molecular flexibility index (Phi) is 13.2. The van der Waals surface area contributed by atoms with Gasteiger partial charge in [0.15, 0.2) is 0 Å². The van der Waals surface area contributed by atoms with E-state index in [0.29, 0.717) is 12.0 Å². The van der Waals surface area contributed by atoms with E-state index in [-0.39, 0.29) is 12.5 Å². The first-order valence-corrected chi connectivity index (χ1v) is 23.1. The van der Waals surface area contributed by atoms with Crippen LogP contribution in [-0.2, 0) is 23.8 Å². The zero-order valence-corrected chi connectivity index (χ0v) is 32.4. The first kappa shape index (κ1) is 38.0. The van der Waals surface area contributed by atoms with Gasteiger partial charge in [0.2, 0.25) is 0 Å². The Morgan fingerprint density at radius 3 is 2.06 bits per heavy atom. The van der Waals surface area contributed by atoms with Crippen molar-refractivity contribution in [3.8, 4) is 11.1 Å². The summed E-state index contributed by atoms with van der Waals surface area (Å²) in [5, 5.41) is -0.626. The van der Waals surface area contributed by atoms with Crippen LogP contribution in [0.2, 0.25) is 0 Å². The molecule has 1 aliphatic heterocycles. The maximum atomic E-state index is 13.6. The summed E-state index contributed by atoms with van der Waals surface area (Å²) < 4.78 is 27.9. The van der Waals surface area contributed by atoms with Crippen LogP contribution >= 0.6 is 27.8 Å². The van der Waals surface area contributed by atoms with Crippen molar-refractivity contribution in [2.24, 2.45) is 11.8 Å². The second kappa shape index (κ2) is 18.4. The number of benzene rings is 4. The first-order valence-electron chi connectivity index (χ1n) is 17.4. The maximum absolute atomic E-state index is 13.6. The summed E-state index contributed by atoms with van der Waals surface area (Å²) in [7, 11) is 1.19. The van der Waals surface area contributed by atoms with Gasteiger partial charge in [-0.15, -0.1) is 0 Å². The summed E-state index contributed by atoms with van der Waals surface area (Å²) in [6.45, 7) is 4.03. The van der Waals surface area contributed by atoms with E-state index in [4.69, 9.17) is 14.2 Å². The zero-order chi connectivity index (χ0) is 37.2. The van der Waals surface area contributed by atoms with Crippen LogP contribution < -0.4 is 0 Å². The molecule has 1 fully saturated rings. The SMILES string of the molecule is CC(C)/C(=C\C=C\C(=O)OC[C@H]1SI(O)[C@H](OC(=O)c2ccc(-c3ccccc3)cc2)[C@H]1OC(=O)C1C=CC(c2ccccc2)=CC1)c1ccccc1. The van der Waals surface area contributed by atoms with Crippen LogP contribution in [0.5, 0.6) is 0 Å². The van der Waals surface area contributed by atoms with Gasteiger partial charge in [-0.05, 0) is 0 Å². The standard InChI is InChI=1S/C44H41IO7S/c1-30(2)38(35-17-10-5-11-18-35)19-12-20-40(46)50-29-39-41(51-43(47)36-25-21-33(22-26-36)31-13-6-3-7-14-31)42(45(49)53-39)52-44(48)37-27-23-34(24-28-37)32-15-8-4-9-16-32/h3-25,27-28,30,36,39,41-42,49H,26,29H2,1-2H3/b20-12+,38-19+/t36?,39-,41+,42-/m1/s1. The number of ether oxygens (including phenoxy) is 3. The number of carbonyl (C=O) groups excluding carboxylic acids is 3. The molecule has 4 atom stereocenters. The predicted octanol–water partition coefficient (Wildman–Crippen LogP) is 9.69. The number of rotatable bonds is 12. The molecule has 0 bridgehead atoms. The Labute approximate surface area is 320 Å². The Morgan fingerprint density at radius 1 is 0.811 bits per heavy atom. The molecule has 4 aromatic rings. The monoisotopic (exact) mass is 840 g/mol. The van der Waals surface area contributed by atoms with Crippen molar-refractivity contribution in [2.75, 3.05) is 6.61 Å². The van der Waals surface area contributed by atoms with Crippen LogP contribution in [0.25, 0.3) is 22.3 Å². The molecule has 1 saturated heterocycles. The average Bonchev–Trinajstić information content (AvgIpc) is 3.48. The molecule has 1 N–H and O–H groups in total. The minimum atomic E-state index is -3.08. The molecule has 2 aliphatic rings. The summed E-state index contributed by atoms with van der Waals surface area (Å²) >= 11 is -3.08. The fourth-order valence-electron chi connectivity index (χ4n) is 6.01. The van der Waals surface area contributed by atoms with Gasteiger partial charge in [0.25, 0.3) is 0 Å². The fraction of sp³-hybridized carbons (Fsp3) is 0.205. The molecule has 4 aromatic carbocycles. The molecule has 9 heteroatoms. The molecule has 1 unspecified atom stereocenters. The van der Waals surface area contributed by atoms with Crippen molar-refractivity contribution in [1.29, 1.82) is 0 Å². The fourth-order valence-corrected chi connectivity index (χ4v) is 13.9. The number of alkyl halides is 1. The van der Waals surface area contributed by atoms with Gasteiger partial charge in [-0.1, -0.05) is 6.07 Å². The molecule has 0 aromatic heterocycles. The molecular formula is C44H41IO7S. The van der Waals surface area contributed by atoms with Crippen LogP contribution in [0, 0.1) is 11.8 Å². The first-order chi connectivity index (χ1) is 25.8. The van der Waals surface area contributed by atoms with Crippen molar-refractivity contribution in [3.63, 3.8) is 0 Å². The molecule has 6 rings (SSSR count). The minimum absolute atomic E-state index is 0.141. The van der Waals surface area contributed by atoms with Crippen molar-refractivity contribution in [1.82, 2.24) is 0 Å². The summed E-state index contributed by atoms with van der Waals surface area (Å²) in [5.41, 5.74) is 6.46. The predicted molar refractivity (Wildman–Crippen MR) is 220 cm³/mol. The normalized spacial score (nSPS) is 20.6. The third kappa shape index (κ3) is 10.0. The van der Waals surface area contributed by atoms with Gasteiger partial charge >= 0.3 is 317 Å². The Hall–Kier alpha value is -4.71. The van der Waals surface area contributed by atoms with Crippen molar-refractivity contribution in [2.45, 2.75) is 35.7 Å². The number of hydrogen-bond acceptors (Lipinski definition) is 8. The van der Waals surface area contributed by atoms with E-state index in [0.717, 1.165) is 33.4 Å². The van der Waals surface area contributed by atoms with Crippen molar-refractivity contribution >= 4 is 56.8 Å². The van der Waals surface area contributed by atoms with E-state index in [1.807, 2.05) is 127 Å². The van der Waals surface area contributed by atoms with Gasteiger partial charge < -0.3 is 0 Å². The summed E-state index contributed by atoms with van der Waals surface area (Å²) in [6, 6.07) is 36.7. The number of halogens is 1. The van der Waals surface area contributed by atoms with Crippen molar-refractivity contribution < 1.29 is 32.0 Å². The second-order valence-electron chi connectivity index (χ2n) is 12.8. The van der Waals surface area contributed by atoms with E-state index in [1.165, 1.54) is 15.0 Å². The molecule has 0 amide bonds. The van der Waals surface area contributed by atoms with Gasteiger partial charge in [-0.25, -0.2) is 0 Å². The average molecular weight is 841 g/mol. The third-order valence-corrected chi connectivity index (χ3v) is 16.4. The molecule has 1 aliphatic carbocycles. The van der Waals surface area contributed by atoms with E-state index in [2.05, 4.69) is 13.8 Å². The van der Waals surface area contributed by atoms with Crippen LogP contribution in [-0.4, -0.2) is 43.4 Å². The molecule has 0 radical (unpaired) electrons. The van der Waals surface area contributed by atoms with Gasteiger partial charge in [-0.2, -0.15) is 0 Å². The molecular weight excluding hydrogens is 799 g/mol. The number of carbonyl (C=O) groups is 3. The van der Waals surface area contributed by atoms with Gasteiger partial charge in [-0.3, -0.25) is 0 Å². The van der Waals surface area contributed by atoms with Gasteiger partial charge in [0.1, 0.15) is 0 Å². The molecule has 7 nitrogen and oxygen atoms in total.